The lowest BCUT2D eigenvalue weighted by Gasteiger charge is -2.14. The molecule has 0 aliphatic carbocycles. The monoisotopic (exact) mass is 200 g/mol. The van der Waals surface area contributed by atoms with E-state index in [0.717, 1.165) is 17.1 Å². The summed E-state index contributed by atoms with van der Waals surface area (Å²) in [4.78, 5) is 23.0. The van der Waals surface area contributed by atoms with Crippen molar-refractivity contribution in [1.29, 1.82) is 0 Å². The maximum Gasteiger partial charge on any atom is 0.381 e. The molecule has 0 aliphatic rings. The number of nitro groups is 2. The Morgan fingerprint density at radius 3 is 2.36 bits per heavy atom. The summed E-state index contributed by atoms with van der Waals surface area (Å²) in [6.07, 6.45) is 2.10. The largest absolute Gasteiger partial charge is 0.381 e. The summed E-state index contributed by atoms with van der Waals surface area (Å²) in [5.74, 6) is -0.403. The standard InChI is InChI=1S/C6H8N4O4/c1-6(2,10(13)14)8-3-5(7-4-8)9(11)12/h3-4H,1-2H3. The van der Waals surface area contributed by atoms with Crippen LogP contribution in [0.1, 0.15) is 13.8 Å². The Balaban J connectivity index is 3.09. The van der Waals surface area contributed by atoms with E-state index in [1.807, 2.05) is 0 Å². The van der Waals surface area contributed by atoms with Crippen molar-refractivity contribution in [3.63, 3.8) is 0 Å². The molecule has 1 heterocycles. The van der Waals surface area contributed by atoms with Crippen LogP contribution in [-0.4, -0.2) is 19.4 Å². The number of nitrogens with zero attached hydrogens (tertiary/aromatic N) is 4. The fourth-order valence-electron chi connectivity index (χ4n) is 0.800. The number of rotatable bonds is 3. The van der Waals surface area contributed by atoms with E-state index in [1.54, 1.807) is 0 Å². The first-order valence-electron chi connectivity index (χ1n) is 3.69. The second-order valence-electron chi connectivity index (χ2n) is 3.15. The van der Waals surface area contributed by atoms with Gasteiger partial charge in [-0.25, -0.2) is 4.57 Å². The van der Waals surface area contributed by atoms with Crippen LogP contribution in [0.25, 0.3) is 0 Å². The predicted molar refractivity (Wildman–Crippen MR) is 45.2 cm³/mol. The number of imidazole rings is 1. The van der Waals surface area contributed by atoms with Gasteiger partial charge in [-0.3, -0.25) is 10.1 Å². The normalized spacial score (nSPS) is 11.3. The highest BCUT2D eigenvalue weighted by Crippen LogP contribution is 2.18. The Morgan fingerprint density at radius 2 is 2.00 bits per heavy atom. The molecule has 8 heteroatoms. The van der Waals surface area contributed by atoms with Crippen LogP contribution < -0.4 is 0 Å². The second-order valence-corrected chi connectivity index (χ2v) is 3.15. The van der Waals surface area contributed by atoms with Crippen molar-refractivity contribution in [3.8, 4) is 0 Å². The minimum atomic E-state index is -1.43. The fourth-order valence-corrected chi connectivity index (χ4v) is 0.800. The van der Waals surface area contributed by atoms with Crippen LogP contribution in [0.15, 0.2) is 12.5 Å². The minimum Gasteiger partial charge on any atom is -0.358 e. The topological polar surface area (TPSA) is 104 Å². The Bertz CT molecular complexity index is 383. The van der Waals surface area contributed by atoms with Gasteiger partial charge in [0.25, 0.3) is 5.66 Å². The third-order valence-electron chi connectivity index (χ3n) is 1.83. The van der Waals surface area contributed by atoms with Crippen LogP contribution in [0.3, 0.4) is 0 Å². The van der Waals surface area contributed by atoms with E-state index in [0.29, 0.717) is 0 Å². The molecule has 0 radical (unpaired) electrons. The van der Waals surface area contributed by atoms with Crippen molar-refractivity contribution >= 4 is 5.82 Å². The molecule has 0 atom stereocenters. The van der Waals surface area contributed by atoms with Gasteiger partial charge in [-0.2, -0.15) is 0 Å². The zero-order valence-corrected chi connectivity index (χ0v) is 7.58. The summed E-state index contributed by atoms with van der Waals surface area (Å²) >= 11 is 0. The van der Waals surface area contributed by atoms with E-state index in [1.165, 1.54) is 13.8 Å². The summed E-state index contributed by atoms with van der Waals surface area (Å²) in [5.41, 5.74) is -1.43. The molecule has 0 N–H and O–H groups in total. The summed E-state index contributed by atoms with van der Waals surface area (Å²) in [6, 6.07) is 0. The predicted octanol–water partition coefficient (Wildman–Crippen LogP) is 0.761. The summed E-state index contributed by atoms with van der Waals surface area (Å²) in [6.45, 7) is 2.66. The lowest BCUT2D eigenvalue weighted by Crippen LogP contribution is -2.34. The molecule has 0 saturated heterocycles. The molecule has 76 valence electrons. The van der Waals surface area contributed by atoms with E-state index in [9.17, 15) is 20.2 Å². The van der Waals surface area contributed by atoms with Crippen LogP contribution in [-0.2, 0) is 5.66 Å². The van der Waals surface area contributed by atoms with Gasteiger partial charge in [0.1, 0.15) is 6.20 Å². The van der Waals surface area contributed by atoms with E-state index in [2.05, 4.69) is 4.98 Å². The van der Waals surface area contributed by atoms with Crippen LogP contribution in [0.5, 0.6) is 0 Å². The molecule has 8 nitrogen and oxygen atoms in total. The van der Waals surface area contributed by atoms with Crippen molar-refractivity contribution in [2.45, 2.75) is 19.5 Å². The molecule has 0 aromatic carbocycles. The molecule has 0 aliphatic heterocycles. The van der Waals surface area contributed by atoms with Gasteiger partial charge in [0, 0.05) is 18.8 Å². The maximum atomic E-state index is 10.6. The highest BCUT2D eigenvalue weighted by atomic mass is 16.6. The SMILES string of the molecule is CC(C)(n1cnc([N+](=O)[O-])c1)[N+](=O)[O-]. The smallest absolute Gasteiger partial charge is 0.358 e. The number of aromatic nitrogens is 2. The minimum absolute atomic E-state index is 0.403. The van der Waals surface area contributed by atoms with Crippen LogP contribution in [0.4, 0.5) is 5.82 Å². The Hall–Kier alpha value is -1.99. The van der Waals surface area contributed by atoms with Crippen LogP contribution >= 0.6 is 0 Å². The molecule has 14 heavy (non-hydrogen) atoms. The zero-order valence-electron chi connectivity index (χ0n) is 7.58. The lowest BCUT2D eigenvalue weighted by atomic mass is 10.2. The molecular weight excluding hydrogens is 192 g/mol. The van der Waals surface area contributed by atoms with Gasteiger partial charge in [-0.15, -0.1) is 0 Å². The van der Waals surface area contributed by atoms with Gasteiger partial charge in [-0.05, 0) is 9.91 Å². The first-order valence-corrected chi connectivity index (χ1v) is 3.69. The maximum absolute atomic E-state index is 10.6. The fraction of sp³-hybridized carbons (Fsp3) is 0.500. The Labute approximate surface area is 78.5 Å². The van der Waals surface area contributed by atoms with E-state index >= 15 is 0 Å². The van der Waals surface area contributed by atoms with Gasteiger partial charge >= 0.3 is 5.82 Å². The lowest BCUT2D eigenvalue weighted by molar-refractivity contribution is -0.591. The van der Waals surface area contributed by atoms with E-state index < -0.39 is 21.3 Å². The van der Waals surface area contributed by atoms with Crippen molar-refractivity contribution in [2.24, 2.45) is 0 Å². The average molecular weight is 200 g/mol. The highest BCUT2D eigenvalue weighted by molar-refractivity contribution is 5.13. The van der Waals surface area contributed by atoms with Crippen molar-refractivity contribution in [2.75, 3.05) is 0 Å². The van der Waals surface area contributed by atoms with Crippen molar-refractivity contribution in [1.82, 2.24) is 9.55 Å². The summed E-state index contributed by atoms with van der Waals surface area (Å²) in [5, 5.41) is 20.9. The highest BCUT2D eigenvalue weighted by Gasteiger charge is 2.34. The molecule has 1 aromatic heterocycles. The van der Waals surface area contributed by atoms with E-state index in [4.69, 9.17) is 0 Å². The Morgan fingerprint density at radius 1 is 1.43 bits per heavy atom. The zero-order chi connectivity index (χ0) is 10.9. The van der Waals surface area contributed by atoms with Gasteiger partial charge < -0.3 is 10.1 Å². The molecule has 0 unspecified atom stereocenters. The molecule has 0 amide bonds. The van der Waals surface area contributed by atoms with Crippen molar-refractivity contribution in [3.05, 3.63) is 32.8 Å². The number of hydrogen-bond donors (Lipinski definition) is 0. The van der Waals surface area contributed by atoms with Crippen molar-refractivity contribution < 1.29 is 9.85 Å². The van der Waals surface area contributed by atoms with Crippen LogP contribution in [0.2, 0.25) is 0 Å². The number of hydrogen-bond acceptors (Lipinski definition) is 5. The molecule has 0 fully saturated rings. The molecule has 1 rings (SSSR count). The van der Waals surface area contributed by atoms with Crippen LogP contribution in [0, 0.1) is 20.2 Å². The van der Waals surface area contributed by atoms with Gasteiger partial charge in [-0.1, -0.05) is 0 Å². The molecular formula is C6H8N4O4. The molecule has 0 spiro atoms. The summed E-state index contributed by atoms with van der Waals surface area (Å²) in [7, 11) is 0. The molecule has 0 saturated carbocycles. The third kappa shape index (κ3) is 1.53. The molecule has 1 aromatic rings. The first-order chi connectivity index (χ1) is 6.35. The van der Waals surface area contributed by atoms with Gasteiger partial charge in [0.2, 0.25) is 6.33 Å². The van der Waals surface area contributed by atoms with E-state index in [-0.39, 0.29) is 0 Å². The van der Waals surface area contributed by atoms with Gasteiger partial charge in [0.15, 0.2) is 0 Å². The quantitative estimate of drug-likeness (QED) is 0.529. The average Bonchev–Trinajstić information content (AvgIpc) is 2.51. The Kier molecular flexibility index (Phi) is 2.20. The second kappa shape index (κ2) is 3.05. The van der Waals surface area contributed by atoms with Gasteiger partial charge in [0.05, 0.1) is 0 Å². The first kappa shape index (κ1) is 10.1. The third-order valence-corrected chi connectivity index (χ3v) is 1.83. The summed E-state index contributed by atoms with van der Waals surface area (Å²) < 4.78 is 1.09. The molecule has 0 bridgehead atoms.